The minimum Gasteiger partial charge on any atom is -0.388 e. The van der Waals surface area contributed by atoms with E-state index in [0.717, 1.165) is 11.3 Å². The highest BCUT2D eigenvalue weighted by Crippen LogP contribution is 2.23. The van der Waals surface area contributed by atoms with Crippen LogP contribution in [0.2, 0.25) is 0 Å². The van der Waals surface area contributed by atoms with Crippen molar-refractivity contribution in [1.82, 2.24) is 9.88 Å². The molecular weight excluding hydrogens is 448 g/mol. The molecule has 0 aliphatic carbocycles. The average molecular weight is 473 g/mol. The fraction of sp³-hybridized carbons (Fsp3) is 0.273. The first-order valence-corrected chi connectivity index (χ1v) is 12.6. The van der Waals surface area contributed by atoms with E-state index in [1.165, 1.54) is 11.3 Å². The van der Waals surface area contributed by atoms with Crippen molar-refractivity contribution in [3.8, 4) is 0 Å². The van der Waals surface area contributed by atoms with E-state index in [-0.39, 0.29) is 17.2 Å². The number of aromatic nitrogens is 1. The van der Waals surface area contributed by atoms with Crippen molar-refractivity contribution in [2.75, 3.05) is 35.8 Å². The number of rotatable bonds is 7. The highest BCUT2D eigenvalue weighted by Gasteiger charge is 2.24. The summed E-state index contributed by atoms with van der Waals surface area (Å²) in [7, 11) is -3.68. The number of hydrogen-bond donors (Lipinski definition) is 2. The zero-order chi connectivity index (χ0) is 22.6. The zero-order valence-electron chi connectivity index (χ0n) is 17.3. The molecule has 1 unspecified atom stereocenters. The van der Waals surface area contributed by atoms with Crippen molar-refractivity contribution in [3.05, 3.63) is 71.7 Å². The molecular formula is C22H24N4O4S2. The average Bonchev–Trinajstić information content (AvgIpc) is 3.32. The third kappa shape index (κ3) is 5.26. The predicted octanol–water partition coefficient (Wildman–Crippen LogP) is 2.72. The number of hydrogen-bond acceptors (Lipinski definition) is 7. The number of nitrogens with one attached hydrogen (secondary N) is 1. The van der Waals surface area contributed by atoms with Gasteiger partial charge in [0.05, 0.1) is 17.4 Å². The van der Waals surface area contributed by atoms with E-state index in [1.54, 1.807) is 40.7 Å². The Morgan fingerprint density at radius 3 is 2.38 bits per heavy atom. The normalized spacial score (nSPS) is 15.4. The molecule has 1 aliphatic rings. The zero-order valence-corrected chi connectivity index (χ0v) is 18.9. The van der Waals surface area contributed by atoms with Crippen LogP contribution in [0.1, 0.15) is 18.1 Å². The minimum atomic E-state index is -3.68. The molecule has 32 heavy (non-hydrogen) atoms. The van der Waals surface area contributed by atoms with Gasteiger partial charge in [0, 0.05) is 43.4 Å². The van der Waals surface area contributed by atoms with Crippen molar-refractivity contribution in [1.29, 1.82) is 0 Å². The Hall–Kier alpha value is -2.95. The van der Waals surface area contributed by atoms with Crippen LogP contribution in [0.3, 0.4) is 0 Å². The number of sulfonamides is 1. The van der Waals surface area contributed by atoms with E-state index in [1.807, 2.05) is 30.3 Å². The highest BCUT2D eigenvalue weighted by atomic mass is 32.2. The van der Waals surface area contributed by atoms with E-state index >= 15 is 0 Å². The van der Waals surface area contributed by atoms with Crippen LogP contribution in [0.4, 0.5) is 10.8 Å². The Balaban J connectivity index is 1.31. The molecule has 168 valence electrons. The third-order valence-electron chi connectivity index (χ3n) is 5.35. The lowest BCUT2D eigenvalue weighted by Gasteiger charge is -2.36. The van der Waals surface area contributed by atoms with Crippen LogP contribution >= 0.6 is 11.3 Å². The van der Waals surface area contributed by atoms with E-state index in [2.05, 4.69) is 14.6 Å². The maximum absolute atomic E-state index is 12.6. The van der Waals surface area contributed by atoms with E-state index in [4.69, 9.17) is 0 Å². The smallest absolute Gasteiger partial charge is 0.263 e. The molecule has 2 N–H and O–H groups in total. The quantitative estimate of drug-likeness (QED) is 0.548. The number of thiazole rings is 1. The first kappa shape index (κ1) is 22.3. The lowest BCUT2D eigenvalue weighted by atomic mass is 10.1. The van der Waals surface area contributed by atoms with Gasteiger partial charge in [-0.1, -0.05) is 30.3 Å². The van der Waals surface area contributed by atoms with Gasteiger partial charge in [0.15, 0.2) is 5.13 Å². The summed E-state index contributed by atoms with van der Waals surface area (Å²) in [6.07, 6.45) is 0.787. The Labute approximate surface area is 191 Å². The molecule has 2 aromatic carbocycles. The molecule has 1 fully saturated rings. The van der Waals surface area contributed by atoms with Crippen LogP contribution in [-0.2, 0) is 14.8 Å². The summed E-state index contributed by atoms with van der Waals surface area (Å²) in [5, 5.41) is 12.3. The molecule has 10 heteroatoms. The molecule has 1 aliphatic heterocycles. The molecule has 1 aromatic heterocycles. The van der Waals surface area contributed by atoms with E-state index < -0.39 is 16.1 Å². The number of aliphatic hydroxyl groups is 1. The molecule has 2 heterocycles. The molecule has 0 saturated carbocycles. The molecule has 0 bridgehead atoms. The second-order valence-corrected chi connectivity index (χ2v) is 10.0. The lowest BCUT2D eigenvalue weighted by Crippen LogP contribution is -2.49. The van der Waals surface area contributed by atoms with Gasteiger partial charge in [0.1, 0.15) is 0 Å². The molecule has 0 spiro atoms. The van der Waals surface area contributed by atoms with Crippen LogP contribution in [0.15, 0.2) is 71.1 Å². The predicted molar refractivity (Wildman–Crippen MR) is 124 cm³/mol. The number of nitrogens with zero attached hydrogens (tertiary/aromatic N) is 3. The minimum absolute atomic E-state index is 0.0582. The fourth-order valence-corrected chi connectivity index (χ4v) is 5.37. The van der Waals surface area contributed by atoms with Crippen LogP contribution in [0.25, 0.3) is 0 Å². The second kappa shape index (κ2) is 9.68. The van der Waals surface area contributed by atoms with Gasteiger partial charge in [-0.3, -0.25) is 9.52 Å². The summed E-state index contributed by atoms with van der Waals surface area (Å²) in [5.74, 6) is -0.0734. The SMILES string of the molecule is O=C(CC(O)c1ccccc1)N1CCN(c2ccc(S(=O)(=O)Nc3nccs3)cc2)CC1. The number of benzene rings is 2. The van der Waals surface area contributed by atoms with E-state index in [0.29, 0.717) is 31.3 Å². The standard InChI is InChI=1S/C22H24N4O4S2/c27-20(17-4-2-1-3-5-17)16-21(28)26-13-11-25(12-14-26)18-6-8-19(9-7-18)32(29,30)24-22-23-10-15-31-22/h1-10,15,20,27H,11-14,16H2,(H,23,24). The summed E-state index contributed by atoms with van der Waals surface area (Å²) >= 11 is 1.22. The molecule has 4 rings (SSSR count). The van der Waals surface area contributed by atoms with Gasteiger partial charge >= 0.3 is 0 Å². The summed E-state index contributed by atoms with van der Waals surface area (Å²) in [5.41, 5.74) is 1.63. The molecule has 1 saturated heterocycles. The first-order chi connectivity index (χ1) is 15.4. The number of carbonyl (C=O) groups excluding carboxylic acids is 1. The van der Waals surface area contributed by atoms with Gasteiger partial charge in [-0.15, -0.1) is 11.3 Å². The summed E-state index contributed by atoms with van der Waals surface area (Å²) in [4.78, 5) is 20.6. The van der Waals surface area contributed by atoms with Crippen molar-refractivity contribution in [3.63, 3.8) is 0 Å². The Bertz CT molecular complexity index is 1130. The number of aliphatic hydroxyl groups excluding tert-OH is 1. The van der Waals surface area contributed by atoms with Gasteiger partial charge < -0.3 is 14.9 Å². The van der Waals surface area contributed by atoms with Gasteiger partial charge in [0.2, 0.25) is 5.91 Å². The number of anilines is 2. The van der Waals surface area contributed by atoms with Gasteiger partial charge in [-0.2, -0.15) is 0 Å². The van der Waals surface area contributed by atoms with Crippen LogP contribution < -0.4 is 9.62 Å². The Morgan fingerprint density at radius 2 is 1.75 bits per heavy atom. The van der Waals surface area contributed by atoms with Gasteiger partial charge in [0.25, 0.3) is 10.0 Å². The molecule has 0 radical (unpaired) electrons. The van der Waals surface area contributed by atoms with Crippen LogP contribution in [0, 0.1) is 0 Å². The molecule has 1 atom stereocenters. The summed E-state index contributed by atoms with van der Waals surface area (Å²) in [6, 6.07) is 15.9. The maximum Gasteiger partial charge on any atom is 0.263 e. The highest BCUT2D eigenvalue weighted by molar-refractivity contribution is 7.93. The van der Waals surface area contributed by atoms with Crippen molar-refractivity contribution in [2.45, 2.75) is 17.4 Å². The van der Waals surface area contributed by atoms with Crippen LogP contribution in [0.5, 0.6) is 0 Å². The Kier molecular flexibility index (Phi) is 6.73. The Morgan fingerprint density at radius 1 is 1.06 bits per heavy atom. The molecule has 3 aromatic rings. The van der Waals surface area contributed by atoms with E-state index in [9.17, 15) is 18.3 Å². The maximum atomic E-state index is 12.6. The summed E-state index contributed by atoms with van der Waals surface area (Å²) in [6.45, 7) is 2.37. The van der Waals surface area contributed by atoms with Gasteiger partial charge in [-0.05, 0) is 29.8 Å². The topological polar surface area (TPSA) is 103 Å². The number of amides is 1. The number of piperazine rings is 1. The monoisotopic (exact) mass is 472 g/mol. The fourth-order valence-electron chi connectivity index (χ4n) is 3.59. The lowest BCUT2D eigenvalue weighted by molar-refractivity contribution is -0.133. The van der Waals surface area contributed by atoms with Gasteiger partial charge in [-0.25, -0.2) is 13.4 Å². The second-order valence-electron chi connectivity index (χ2n) is 7.44. The van der Waals surface area contributed by atoms with Crippen LogP contribution in [-0.4, -0.2) is 55.5 Å². The molecule has 1 amide bonds. The third-order valence-corrected chi connectivity index (χ3v) is 7.52. The number of carbonyl (C=O) groups is 1. The van der Waals surface area contributed by atoms with Crippen molar-refractivity contribution in [2.24, 2.45) is 0 Å². The van der Waals surface area contributed by atoms with Crippen molar-refractivity contribution >= 4 is 38.1 Å². The van der Waals surface area contributed by atoms with Crippen molar-refractivity contribution < 1.29 is 18.3 Å². The first-order valence-electron chi connectivity index (χ1n) is 10.2. The summed E-state index contributed by atoms with van der Waals surface area (Å²) < 4.78 is 27.4. The molecule has 8 nitrogen and oxygen atoms in total. The largest absolute Gasteiger partial charge is 0.388 e.